The summed E-state index contributed by atoms with van der Waals surface area (Å²) in [5.41, 5.74) is 2.91. The number of nitrogens with zero attached hydrogens (tertiary/aromatic N) is 2. The van der Waals surface area contributed by atoms with Crippen molar-refractivity contribution in [2.45, 2.75) is 51.5 Å². The second-order valence-electron chi connectivity index (χ2n) is 7.89. The highest BCUT2D eigenvalue weighted by Crippen LogP contribution is 2.39. The molecule has 2 fully saturated rings. The Bertz CT molecular complexity index is 1030. The van der Waals surface area contributed by atoms with E-state index in [1.807, 2.05) is 29.2 Å². The lowest BCUT2D eigenvalue weighted by Crippen LogP contribution is -2.40. The zero-order valence-corrected chi connectivity index (χ0v) is 18.8. The zero-order valence-electron chi connectivity index (χ0n) is 18.0. The maximum absolute atomic E-state index is 13.5. The van der Waals surface area contributed by atoms with Gasteiger partial charge >= 0.3 is 0 Å². The maximum Gasteiger partial charge on any atom is 0.267 e. The Morgan fingerprint density at radius 3 is 2.71 bits per heavy atom. The average Bonchev–Trinajstić information content (AvgIpc) is 3.10. The number of para-hydroxylation sites is 1. The number of rotatable bonds is 5. The first-order valence-corrected chi connectivity index (χ1v) is 11.7. The summed E-state index contributed by atoms with van der Waals surface area (Å²) in [7, 11) is 1.52. The first-order chi connectivity index (χ1) is 15.1. The third-order valence-corrected chi connectivity index (χ3v) is 6.85. The van der Waals surface area contributed by atoms with Gasteiger partial charge in [0.25, 0.3) is 5.91 Å². The Labute approximate surface area is 187 Å². The van der Waals surface area contributed by atoms with Crippen LogP contribution < -0.4 is 4.74 Å². The van der Waals surface area contributed by atoms with E-state index in [0.29, 0.717) is 10.7 Å². The van der Waals surface area contributed by atoms with E-state index in [0.717, 1.165) is 48.5 Å². The van der Waals surface area contributed by atoms with Crippen LogP contribution in [0, 0.1) is 0 Å². The number of thioether (sulfide) groups is 1. The minimum absolute atomic E-state index is 0.0108. The predicted molar refractivity (Wildman–Crippen MR) is 127 cm³/mol. The number of benzene rings is 2. The van der Waals surface area contributed by atoms with Gasteiger partial charge < -0.3 is 9.84 Å². The molecule has 2 aromatic rings. The Balaban J connectivity index is 1.72. The molecule has 1 aliphatic carbocycles. The standard InChI is InChI=1S/C25H28N2O3S/c1-3-18-9-7-8-12-20(18)26-25-27(19-10-5-4-6-11-19)24(29)23(31-25)16-17-13-14-21(28)22(15-17)30-2/h7-9,12-16,19,28H,3-6,10-11H2,1-2H3/b23-16+,26-25?. The minimum Gasteiger partial charge on any atom is -0.504 e. The second-order valence-corrected chi connectivity index (χ2v) is 8.89. The fourth-order valence-corrected chi connectivity index (χ4v) is 5.23. The largest absolute Gasteiger partial charge is 0.504 e. The zero-order chi connectivity index (χ0) is 21.8. The van der Waals surface area contributed by atoms with Gasteiger partial charge in [-0.15, -0.1) is 0 Å². The molecule has 1 saturated carbocycles. The second kappa shape index (κ2) is 9.60. The molecular weight excluding hydrogens is 408 g/mol. The third-order valence-electron chi connectivity index (χ3n) is 5.87. The number of aromatic hydroxyl groups is 1. The molecule has 0 radical (unpaired) electrons. The summed E-state index contributed by atoms with van der Waals surface area (Å²) in [6, 6.07) is 13.4. The van der Waals surface area contributed by atoms with Crippen LogP contribution in [0.15, 0.2) is 52.4 Å². The van der Waals surface area contributed by atoms with E-state index in [2.05, 4.69) is 13.0 Å². The summed E-state index contributed by atoms with van der Waals surface area (Å²) in [5, 5.41) is 10.6. The van der Waals surface area contributed by atoms with Gasteiger partial charge in [0.15, 0.2) is 16.7 Å². The van der Waals surface area contributed by atoms with Crippen LogP contribution in [0.4, 0.5) is 5.69 Å². The van der Waals surface area contributed by atoms with E-state index < -0.39 is 0 Å². The van der Waals surface area contributed by atoms with Gasteiger partial charge in [0.2, 0.25) is 0 Å². The van der Waals surface area contributed by atoms with E-state index in [9.17, 15) is 9.90 Å². The van der Waals surface area contributed by atoms with Crippen molar-refractivity contribution in [2.24, 2.45) is 4.99 Å². The molecular formula is C25H28N2O3S. The molecule has 6 heteroatoms. The van der Waals surface area contributed by atoms with Crippen molar-refractivity contribution >= 4 is 34.6 Å². The molecule has 4 rings (SSSR count). The lowest BCUT2D eigenvalue weighted by atomic mass is 9.94. The van der Waals surface area contributed by atoms with Gasteiger partial charge in [-0.3, -0.25) is 9.69 Å². The number of phenolic OH excluding ortho intramolecular Hbond substituents is 1. The van der Waals surface area contributed by atoms with Crippen LogP contribution in [0.25, 0.3) is 6.08 Å². The van der Waals surface area contributed by atoms with E-state index in [1.54, 1.807) is 18.2 Å². The highest BCUT2D eigenvalue weighted by molar-refractivity contribution is 8.18. The summed E-state index contributed by atoms with van der Waals surface area (Å²) in [6.45, 7) is 2.12. The summed E-state index contributed by atoms with van der Waals surface area (Å²) < 4.78 is 5.21. The molecule has 0 bridgehead atoms. The summed E-state index contributed by atoms with van der Waals surface area (Å²) in [6.07, 6.45) is 8.30. The molecule has 0 unspecified atom stereocenters. The lowest BCUT2D eigenvalue weighted by molar-refractivity contribution is -0.124. The fourth-order valence-electron chi connectivity index (χ4n) is 4.18. The predicted octanol–water partition coefficient (Wildman–Crippen LogP) is 5.90. The molecule has 0 aromatic heterocycles. The Morgan fingerprint density at radius 1 is 1.19 bits per heavy atom. The molecule has 162 valence electrons. The third kappa shape index (κ3) is 4.64. The lowest BCUT2D eigenvalue weighted by Gasteiger charge is -2.30. The van der Waals surface area contributed by atoms with Crippen LogP contribution in [0.2, 0.25) is 0 Å². The molecule has 5 nitrogen and oxygen atoms in total. The van der Waals surface area contributed by atoms with Crippen molar-refractivity contribution in [1.29, 1.82) is 0 Å². The van der Waals surface area contributed by atoms with Gasteiger partial charge in [-0.1, -0.05) is 50.5 Å². The molecule has 31 heavy (non-hydrogen) atoms. The van der Waals surface area contributed by atoms with Crippen molar-refractivity contribution in [3.63, 3.8) is 0 Å². The highest BCUT2D eigenvalue weighted by Gasteiger charge is 2.38. The van der Waals surface area contributed by atoms with Crippen molar-refractivity contribution in [3.05, 3.63) is 58.5 Å². The van der Waals surface area contributed by atoms with Crippen LogP contribution in [-0.4, -0.2) is 34.2 Å². The van der Waals surface area contributed by atoms with Gasteiger partial charge in [0.05, 0.1) is 17.7 Å². The Kier molecular flexibility index (Phi) is 6.66. The van der Waals surface area contributed by atoms with Gasteiger partial charge in [-0.2, -0.15) is 0 Å². The van der Waals surface area contributed by atoms with Crippen molar-refractivity contribution in [3.8, 4) is 11.5 Å². The number of amides is 1. The van der Waals surface area contributed by atoms with Crippen molar-refractivity contribution in [2.75, 3.05) is 7.11 Å². The quantitative estimate of drug-likeness (QED) is 0.593. The van der Waals surface area contributed by atoms with Crippen LogP contribution in [0.5, 0.6) is 11.5 Å². The topological polar surface area (TPSA) is 62.1 Å². The monoisotopic (exact) mass is 436 g/mol. The molecule has 1 N–H and O–H groups in total. The maximum atomic E-state index is 13.5. The van der Waals surface area contributed by atoms with E-state index >= 15 is 0 Å². The van der Waals surface area contributed by atoms with Crippen molar-refractivity contribution < 1.29 is 14.6 Å². The number of hydrogen-bond acceptors (Lipinski definition) is 5. The molecule has 2 aromatic carbocycles. The number of carbonyl (C=O) groups excluding carboxylic acids is 1. The van der Waals surface area contributed by atoms with Crippen molar-refractivity contribution in [1.82, 2.24) is 4.90 Å². The molecule has 0 atom stereocenters. The minimum atomic E-state index is 0.0108. The Morgan fingerprint density at radius 2 is 1.97 bits per heavy atom. The number of phenols is 1. The summed E-state index contributed by atoms with van der Waals surface area (Å²) in [4.78, 5) is 21.0. The van der Waals surface area contributed by atoms with Gasteiger partial charge in [0.1, 0.15) is 0 Å². The normalized spacial score (nSPS) is 20.1. The molecule has 1 amide bonds. The number of methoxy groups -OCH3 is 1. The number of carbonyl (C=O) groups is 1. The van der Waals surface area contributed by atoms with Gasteiger partial charge in [0, 0.05) is 6.04 Å². The SMILES string of the molecule is CCc1ccccc1N=C1S/C(=C/c2ccc(O)c(OC)c2)C(=O)N1C1CCCCC1. The molecule has 0 spiro atoms. The van der Waals surface area contributed by atoms with E-state index in [1.165, 1.54) is 30.9 Å². The molecule has 1 saturated heterocycles. The van der Waals surface area contributed by atoms with Gasteiger partial charge in [-0.25, -0.2) is 4.99 Å². The number of aliphatic imine (C=N–C) groups is 1. The molecule has 2 aliphatic rings. The first-order valence-electron chi connectivity index (χ1n) is 10.9. The summed E-state index contributed by atoms with van der Waals surface area (Å²) in [5.74, 6) is 0.480. The van der Waals surface area contributed by atoms with E-state index in [4.69, 9.17) is 9.73 Å². The number of hydrogen-bond donors (Lipinski definition) is 1. The van der Waals surface area contributed by atoms with Crippen LogP contribution >= 0.6 is 11.8 Å². The first kappa shape index (κ1) is 21.5. The molecule has 1 heterocycles. The van der Waals surface area contributed by atoms with Crippen LogP contribution in [-0.2, 0) is 11.2 Å². The summed E-state index contributed by atoms with van der Waals surface area (Å²) >= 11 is 1.43. The fraction of sp³-hybridized carbons (Fsp3) is 0.360. The number of amidine groups is 1. The Hall–Kier alpha value is -2.73. The number of aryl methyl sites for hydroxylation is 1. The average molecular weight is 437 g/mol. The van der Waals surface area contributed by atoms with Crippen LogP contribution in [0.1, 0.15) is 50.2 Å². The van der Waals surface area contributed by atoms with E-state index in [-0.39, 0.29) is 17.7 Å². The van der Waals surface area contributed by atoms with Gasteiger partial charge in [-0.05, 0) is 66.4 Å². The number of ether oxygens (including phenoxy) is 1. The molecule has 1 aliphatic heterocycles. The highest BCUT2D eigenvalue weighted by atomic mass is 32.2. The van der Waals surface area contributed by atoms with Crippen LogP contribution in [0.3, 0.4) is 0 Å². The smallest absolute Gasteiger partial charge is 0.267 e.